The number of thiazole rings is 1. The van der Waals surface area contributed by atoms with E-state index >= 15 is 0 Å². The maximum absolute atomic E-state index is 9.77. The van der Waals surface area contributed by atoms with Crippen LogP contribution in [0.1, 0.15) is 45.0 Å². The Morgan fingerprint density at radius 1 is 1.25 bits per heavy atom. The average molecular weight is 289 g/mol. The number of phenolic OH excluding ortho intramolecular Hbond substituents is 1. The van der Waals surface area contributed by atoms with Crippen molar-refractivity contribution in [1.82, 2.24) is 4.98 Å². The summed E-state index contributed by atoms with van der Waals surface area (Å²) in [5.41, 5.74) is 1.81. The number of azo groups is 1. The molecule has 0 aliphatic heterocycles. The van der Waals surface area contributed by atoms with Crippen LogP contribution in [0.15, 0.2) is 39.9 Å². The molecular weight excluding hydrogens is 270 g/mol. The van der Waals surface area contributed by atoms with Gasteiger partial charge >= 0.3 is 0 Å². The van der Waals surface area contributed by atoms with Crippen molar-refractivity contribution in [2.24, 2.45) is 10.2 Å². The molecule has 2 rings (SSSR count). The zero-order valence-corrected chi connectivity index (χ0v) is 13.0. The molecule has 5 heteroatoms. The number of hydrogen-bond donors (Lipinski definition) is 1. The van der Waals surface area contributed by atoms with E-state index in [0.717, 1.165) is 11.3 Å². The molecule has 1 N–H and O–H groups in total. The van der Waals surface area contributed by atoms with Crippen LogP contribution in [0.4, 0.5) is 5.13 Å². The largest absolute Gasteiger partial charge is 0.508 e. The average Bonchev–Trinajstić information content (AvgIpc) is 2.85. The Morgan fingerprint density at radius 3 is 2.55 bits per heavy atom. The Labute approximate surface area is 123 Å². The van der Waals surface area contributed by atoms with Crippen LogP contribution < -0.4 is 0 Å². The predicted octanol–water partition coefficient (Wildman–Crippen LogP) is 4.99. The SMILES string of the molecule is CC(N=Nc1nc(C(C)(C)C)cs1)c1ccccc1O. The van der Waals surface area contributed by atoms with E-state index in [9.17, 15) is 5.11 Å². The van der Waals surface area contributed by atoms with Crippen molar-refractivity contribution in [2.75, 3.05) is 0 Å². The van der Waals surface area contributed by atoms with Gasteiger partial charge in [0.15, 0.2) is 0 Å². The van der Waals surface area contributed by atoms with Gasteiger partial charge in [-0.15, -0.1) is 16.5 Å². The van der Waals surface area contributed by atoms with Crippen LogP contribution in [0.2, 0.25) is 0 Å². The summed E-state index contributed by atoms with van der Waals surface area (Å²) in [6.45, 7) is 8.26. The summed E-state index contributed by atoms with van der Waals surface area (Å²) in [5, 5.41) is 20.9. The number of phenols is 1. The van der Waals surface area contributed by atoms with Crippen LogP contribution in [0, 0.1) is 0 Å². The number of benzene rings is 1. The molecule has 0 amide bonds. The maximum atomic E-state index is 9.77. The van der Waals surface area contributed by atoms with Gasteiger partial charge in [0.25, 0.3) is 0 Å². The Morgan fingerprint density at radius 2 is 1.95 bits per heavy atom. The lowest BCUT2D eigenvalue weighted by Crippen LogP contribution is -2.10. The summed E-state index contributed by atoms with van der Waals surface area (Å²) in [4.78, 5) is 4.47. The van der Waals surface area contributed by atoms with Crippen LogP contribution in [-0.4, -0.2) is 10.1 Å². The summed E-state index contributed by atoms with van der Waals surface area (Å²) in [6, 6.07) is 6.98. The highest BCUT2D eigenvalue weighted by Gasteiger charge is 2.17. The Bertz CT molecular complexity index is 614. The molecule has 4 nitrogen and oxygen atoms in total. The summed E-state index contributed by atoms with van der Waals surface area (Å²) in [5.74, 6) is 0.244. The summed E-state index contributed by atoms with van der Waals surface area (Å²) >= 11 is 1.48. The number of aromatic nitrogens is 1. The molecule has 0 radical (unpaired) electrons. The van der Waals surface area contributed by atoms with E-state index in [1.807, 2.05) is 24.4 Å². The van der Waals surface area contributed by atoms with Crippen molar-refractivity contribution in [3.05, 3.63) is 40.9 Å². The number of para-hydroxylation sites is 1. The van der Waals surface area contributed by atoms with E-state index in [-0.39, 0.29) is 17.2 Å². The Kier molecular flexibility index (Phi) is 4.18. The van der Waals surface area contributed by atoms with Gasteiger partial charge in [-0.05, 0) is 13.0 Å². The van der Waals surface area contributed by atoms with Crippen LogP contribution in [0.3, 0.4) is 0 Å². The minimum atomic E-state index is -0.196. The minimum Gasteiger partial charge on any atom is -0.508 e. The molecule has 1 heterocycles. The first kappa shape index (κ1) is 14.7. The molecule has 2 aromatic rings. The van der Waals surface area contributed by atoms with Gasteiger partial charge in [-0.3, -0.25) is 0 Å². The highest BCUT2D eigenvalue weighted by molar-refractivity contribution is 7.13. The fourth-order valence-electron chi connectivity index (χ4n) is 1.69. The molecule has 0 saturated heterocycles. The lowest BCUT2D eigenvalue weighted by atomic mass is 9.93. The number of hydrogen-bond acceptors (Lipinski definition) is 5. The van der Waals surface area contributed by atoms with E-state index in [2.05, 4.69) is 36.0 Å². The highest BCUT2D eigenvalue weighted by atomic mass is 32.1. The number of nitrogens with zero attached hydrogens (tertiary/aromatic N) is 3. The zero-order valence-electron chi connectivity index (χ0n) is 12.2. The van der Waals surface area contributed by atoms with Crippen LogP contribution >= 0.6 is 11.3 Å². The number of rotatable bonds is 3. The quantitative estimate of drug-likeness (QED) is 0.809. The minimum absolute atomic E-state index is 0.0214. The molecule has 1 atom stereocenters. The second-order valence-electron chi connectivity index (χ2n) is 5.72. The normalized spacial score (nSPS) is 13.8. The van der Waals surface area contributed by atoms with Crippen molar-refractivity contribution < 1.29 is 5.11 Å². The second-order valence-corrected chi connectivity index (χ2v) is 6.55. The van der Waals surface area contributed by atoms with E-state index in [4.69, 9.17) is 0 Å². The van der Waals surface area contributed by atoms with Gasteiger partial charge in [0.2, 0.25) is 5.13 Å². The number of aromatic hydroxyl groups is 1. The third kappa shape index (κ3) is 3.42. The molecule has 0 fully saturated rings. The molecular formula is C15H19N3OS. The van der Waals surface area contributed by atoms with Crippen LogP contribution in [0.25, 0.3) is 0 Å². The first-order chi connectivity index (χ1) is 9.38. The third-order valence-corrected chi connectivity index (χ3v) is 3.69. The van der Waals surface area contributed by atoms with Crippen molar-refractivity contribution >= 4 is 16.5 Å². The highest BCUT2D eigenvalue weighted by Crippen LogP contribution is 2.30. The van der Waals surface area contributed by atoms with Crippen LogP contribution in [-0.2, 0) is 5.41 Å². The molecule has 0 saturated carbocycles. The van der Waals surface area contributed by atoms with Crippen molar-refractivity contribution in [3.8, 4) is 5.75 Å². The molecule has 1 unspecified atom stereocenters. The smallest absolute Gasteiger partial charge is 0.229 e. The van der Waals surface area contributed by atoms with Gasteiger partial charge in [0.1, 0.15) is 5.75 Å². The zero-order chi connectivity index (χ0) is 14.8. The third-order valence-electron chi connectivity index (χ3n) is 2.96. The fourth-order valence-corrected chi connectivity index (χ4v) is 2.56. The lowest BCUT2D eigenvalue weighted by Gasteiger charge is -2.13. The molecule has 1 aromatic carbocycles. The Balaban J connectivity index is 2.14. The molecule has 20 heavy (non-hydrogen) atoms. The van der Waals surface area contributed by atoms with Crippen molar-refractivity contribution in [1.29, 1.82) is 0 Å². The van der Waals surface area contributed by atoms with Gasteiger partial charge in [-0.1, -0.05) is 39.0 Å². The van der Waals surface area contributed by atoms with E-state index in [1.54, 1.807) is 12.1 Å². The van der Waals surface area contributed by atoms with E-state index < -0.39 is 0 Å². The maximum Gasteiger partial charge on any atom is 0.229 e. The first-order valence-electron chi connectivity index (χ1n) is 6.52. The summed E-state index contributed by atoms with van der Waals surface area (Å²) in [6.07, 6.45) is 0. The van der Waals surface area contributed by atoms with Gasteiger partial charge in [0.05, 0.1) is 11.7 Å². The molecule has 0 spiro atoms. The van der Waals surface area contributed by atoms with Crippen molar-refractivity contribution in [2.45, 2.75) is 39.2 Å². The molecule has 0 aliphatic carbocycles. The first-order valence-corrected chi connectivity index (χ1v) is 7.40. The molecule has 0 aliphatic rings. The van der Waals surface area contributed by atoms with Gasteiger partial charge in [0, 0.05) is 16.4 Å². The Hall–Kier alpha value is -1.75. The van der Waals surface area contributed by atoms with Gasteiger partial charge in [-0.25, -0.2) is 4.98 Å². The van der Waals surface area contributed by atoms with E-state index in [0.29, 0.717) is 5.13 Å². The summed E-state index contributed by atoms with van der Waals surface area (Å²) < 4.78 is 0. The van der Waals surface area contributed by atoms with Gasteiger partial charge in [-0.2, -0.15) is 5.11 Å². The van der Waals surface area contributed by atoms with Crippen molar-refractivity contribution in [3.63, 3.8) is 0 Å². The summed E-state index contributed by atoms with van der Waals surface area (Å²) in [7, 11) is 0. The van der Waals surface area contributed by atoms with Crippen LogP contribution in [0.5, 0.6) is 5.75 Å². The molecule has 0 bridgehead atoms. The van der Waals surface area contributed by atoms with Gasteiger partial charge < -0.3 is 5.11 Å². The molecule has 1 aromatic heterocycles. The standard InChI is InChI=1S/C15H19N3OS/c1-10(11-7-5-6-8-12(11)19)17-18-14-16-13(9-20-14)15(2,3)4/h5-10,19H,1-4H3. The second kappa shape index (κ2) is 5.71. The molecule has 106 valence electrons. The monoisotopic (exact) mass is 289 g/mol. The van der Waals surface area contributed by atoms with E-state index in [1.165, 1.54) is 11.3 Å². The lowest BCUT2D eigenvalue weighted by molar-refractivity contribution is 0.463. The predicted molar refractivity (Wildman–Crippen MR) is 81.9 cm³/mol. The fraction of sp³-hybridized carbons (Fsp3) is 0.400. The topological polar surface area (TPSA) is 57.8 Å².